The molecule has 5 heteroatoms. The second-order valence-corrected chi connectivity index (χ2v) is 6.38. The summed E-state index contributed by atoms with van der Waals surface area (Å²) >= 11 is 8.69. The van der Waals surface area contributed by atoms with Crippen molar-refractivity contribution >= 4 is 45.2 Å². The molecule has 0 aliphatic carbocycles. The van der Waals surface area contributed by atoms with Gasteiger partial charge in [0.05, 0.1) is 6.21 Å². The highest BCUT2D eigenvalue weighted by Crippen LogP contribution is 2.17. The van der Waals surface area contributed by atoms with Gasteiger partial charge in [0.25, 0.3) is 0 Å². The van der Waals surface area contributed by atoms with Crippen LogP contribution in [0, 0.1) is 0 Å². The van der Waals surface area contributed by atoms with Crippen LogP contribution in [0.1, 0.15) is 30.9 Å². The Hall–Kier alpha value is -1.72. The molecule has 2 rings (SSSR count). The first kappa shape index (κ1) is 16.6. The van der Waals surface area contributed by atoms with Crippen molar-refractivity contribution in [1.82, 2.24) is 5.43 Å². The Morgan fingerprint density at radius 1 is 1.14 bits per heavy atom. The number of nitrogens with one attached hydrogen (secondary N) is 2. The third-order valence-electron chi connectivity index (χ3n) is 3.11. The Bertz CT molecular complexity index is 666. The minimum absolute atomic E-state index is 0.459. The molecular formula is C17H18BrN3S. The van der Waals surface area contributed by atoms with Crippen LogP contribution in [0.4, 0.5) is 5.69 Å². The Morgan fingerprint density at radius 2 is 1.82 bits per heavy atom. The summed E-state index contributed by atoms with van der Waals surface area (Å²) < 4.78 is 0.990. The molecule has 0 spiro atoms. The largest absolute Gasteiger partial charge is 0.331 e. The van der Waals surface area contributed by atoms with E-state index < -0.39 is 0 Å². The Balaban J connectivity index is 1.89. The Morgan fingerprint density at radius 3 is 2.45 bits per heavy atom. The summed E-state index contributed by atoms with van der Waals surface area (Å²) in [5, 5.41) is 7.70. The molecule has 0 fully saturated rings. The molecule has 0 aromatic heterocycles. The molecule has 0 amide bonds. The van der Waals surface area contributed by atoms with E-state index in [2.05, 4.69) is 57.8 Å². The SMILES string of the molecule is CC(C)c1ccc(NC(=S)N/N=C\c2ccccc2Br)cc1. The van der Waals surface area contributed by atoms with E-state index in [0.717, 1.165) is 15.7 Å². The van der Waals surface area contributed by atoms with Gasteiger partial charge >= 0.3 is 0 Å². The van der Waals surface area contributed by atoms with Crippen LogP contribution in [-0.2, 0) is 0 Å². The summed E-state index contributed by atoms with van der Waals surface area (Å²) in [6.07, 6.45) is 1.72. The smallest absolute Gasteiger partial charge is 0.191 e. The molecule has 2 aromatic rings. The van der Waals surface area contributed by atoms with E-state index >= 15 is 0 Å². The van der Waals surface area contributed by atoms with Crippen LogP contribution in [0.5, 0.6) is 0 Å². The van der Waals surface area contributed by atoms with Crippen molar-refractivity contribution in [3.05, 3.63) is 64.1 Å². The minimum Gasteiger partial charge on any atom is -0.331 e. The zero-order valence-electron chi connectivity index (χ0n) is 12.5. The normalized spacial score (nSPS) is 10.9. The summed E-state index contributed by atoms with van der Waals surface area (Å²) in [5.74, 6) is 0.521. The van der Waals surface area contributed by atoms with Crippen molar-refractivity contribution in [3.8, 4) is 0 Å². The molecule has 0 unspecified atom stereocenters. The molecule has 0 heterocycles. The van der Waals surface area contributed by atoms with Gasteiger partial charge in [-0.1, -0.05) is 60.1 Å². The van der Waals surface area contributed by atoms with E-state index in [1.165, 1.54) is 5.56 Å². The third-order valence-corrected chi connectivity index (χ3v) is 4.03. The van der Waals surface area contributed by atoms with Crippen LogP contribution >= 0.6 is 28.1 Å². The van der Waals surface area contributed by atoms with E-state index in [9.17, 15) is 0 Å². The number of anilines is 1. The number of thiocarbonyl (C=S) groups is 1. The number of rotatable bonds is 4. The molecule has 22 heavy (non-hydrogen) atoms. The molecule has 0 saturated heterocycles. The highest BCUT2D eigenvalue weighted by Gasteiger charge is 2.00. The highest BCUT2D eigenvalue weighted by atomic mass is 79.9. The summed E-state index contributed by atoms with van der Waals surface area (Å²) in [5.41, 5.74) is 6.04. The van der Waals surface area contributed by atoms with Gasteiger partial charge in [-0.2, -0.15) is 5.10 Å². The number of nitrogens with zero attached hydrogens (tertiary/aromatic N) is 1. The average molecular weight is 376 g/mol. The number of hydrogen-bond donors (Lipinski definition) is 2. The maximum absolute atomic E-state index is 5.22. The van der Waals surface area contributed by atoms with Gasteiger partial charge in [-0.15, -0.1) is 0 Å². The highest BCUT2D eigenvalue weighted by molar-refractivity contribution is 9.10. The monoisotopic (exact) mass is 375 g/mol. The summed E-state index contributed by atoms with van der Waals surface area (Å²) in [4.78, 5) is 0. The van der Waals surface area contributed by atoms with Crippen molar-refractivity contribution in [2.45, 2.75) is 19.8 Å². The predicted octanol–water partition coefficient (Wildman–Crippen LogP) is 4.89. The summed E-state index contributed by atoms with van der Waals surface area (Å²) in [6.45, 7) is 4.34. The number of hydrazone groups is 1. The predicted molar refractivity (Wildman–Crippen MR) is 102 cm³/mol. The maximum atomic E-state index is 5.22. The first-order chi connectivity index (χ1) is 10.6. The zero-order chi connectivity index (χ0) is 15.9. The van der Waals surface area contributed by atoms with Crippen molar-refractivity contribution in [3.63, 3.8) is 0 Å². The average Bonchev–Trinajstić information content (AvgIpc) is 2.50. The molecule has 0 saturated carbocycles. The molecule has 2 N–H and O–H groups in total. The molecule has 0 atom stereocenters. The van der Waals surface area contributed by atoms with E-state index in [1.54, 1.807) is 6.21 Å². The fourth-order valence-electron chi connectivity index (χ4n) is 1.85. The van der Waals surface area contributed by atoms with Gasteiger partial charge in [-0.05, 0) is 41.9 Å². The molecule has 2 aromatic carbocycles. The van der Waals surface area contributed by atoms with Crippen LogP contribution in [0.15, 0.2) is 58.1 Å². The molecule has 0 radical (unpaired) electrons. The number of hydrogen-bond acceptors (Lipinski definition) is 2. The lowest BCUT2D eigenvalue weighted by molar-refractivity contribution is 0.867. The van der Waals surface area contributed by atoms with Crippen LogP contribution in [0.3, 0.4) is 0 Å². The zero-order valence-corrected chi connectivity index (χ0v) is 14.9. The molecule has 114 valence electrons. The second kappa shape index (κ2) is 8.06. The van der Waals surface area contributed by atoms with E-state index in [4.69, 9.17) is 12.2 Å². The van der Waals surface area contributed by atoms with Crippen molar-refractivity contribution < 1.29 is 0 Å². The van der Waals surface area contributed by atoms with E-state index in [1.807, 2.05) is 36.4 Å². The molecule has 0 bridgehead atoms. The van der Waals surface area contributed by atoms with Crippen LogP contribution in [0.2, 0.25) is 0 Å². The first-order valence-electron chi connectivity index (χ1n) is 7.01. The van der Waals surface area contributed by atoms with Gasteiger partial charge in [0.1, 0.15) is 0 Å². The maximum Gasteiger partial charge on any atom is 0.191 e. The Kier molecular flexibility index (Phi) is 6.10. The fourth-order valence-corrected chi connectivity index (χ4v) is 2.41. The fraction of sp³-hybridized carbons (Fsp3) is 0.176. The van der Waals surface area contributed by atoms with Gasteiger partial charge in [0.2, 0.25) is 0 Å². The molecule has 0 aliphatic rings. The summed E-state index contributed by atoms with van der Waals surface area (Å²) in [7, 11) is 0. The Labute approximate surface area is 145 Å². The van der Waals surface area contributed by atoms with Crippen molar-refractivity contribution in [2.24, 2.45) is 5.10 Å². The van der Waals surface area contributed by atoms with E-state index in [0.29, 0.717) is 11.0 Å². The first-order valence-corrected chi connectivity index (χ1v) is 8.21. The molecule has 0 aliphatic heterocycles. The van der Waals surface area contributed by atoms with Gasteiger partial charge in [0, 0.05) is 15.7 Å². The molecule has 3 nitrogen and oxygen atoms in total. The lowest BCUT2D eigenvalue weighted by atomic mass is 10.0. The molecular weight excluding hydrogens is 358 g/mol. The van der Waals surface area contributed by atoms with Crippen LogP contribution in [-0.4, -0.2) is 11.3 Å². The van der Waals surface area contributed by atoms with Gasteiger partial charge in [0.15, 0.2) is 5.11 Å². The van der Waals surface area contributed by atoms with Gasteiger partial charge in [-0.3, -0.25) is 5.43 Å². The standard InChI is InChI=1S/C17H18BrN3S/c1-12(2)13-7-9-15(10-8-13)20-17(22)21-19-11-14-5-3-4-6-16(14)18/h3-12H,1-2H3,(H2,20,21,22)/b19-11-. The lowest BCUT2D eigenvalue weighted by Crippen LogP contribution is -2.23. The van der Waals surface area contributed by atoms with Crippen molar-refractivity contribution in [1.29, 1.82) is 0 Å². The topological polar surface area (TPSA) is 36.4 Å². The second-order valence-electron chi connectivity index (χ2n) is 5.12. The summed E-state index contributed by atoms with van der Waals surface area (Å²) in [6, 6.07) is 16.1. The minimum atomic E-state index is 0.459. The van der Waals surface area contributed by atoms with Gasteiger partial charge < -0.3 is 5.32 Å². The van der Waals surface area contributed by atoms with Gasteiger partial charge in [-0.25, -0.2) is 0 Å². The quantitative estimate of drug-likeness (QED) is 0.453. The van der Waals surface area contributed by atoms with Crippen molar-refractivity contribution in [2.75, 3.05) is 5.32 Å². The number of benzene rings is 2. The lowest BCUT2D eigenvalue weighted by Gasteiger charge is -2.09. The van der Waals surface area contributed by atoms with Crippen LogP contribution < -0.4 is 10.7 Å². The third kappa shape index (κ3) is 4.93. The van der Waals surface area contributed by atoms with Crippen LogP contribution in [0.25, 0.3) is 0 Å². The van der Waals surface area contributed by atoms with E-state index in [-0.39, 0.29) is 0 Å². The number of halogens is 1.